The highest BCUT2D eigenvalue weighted by Crippen LogP contribution is 2.26. The molecule has 1 aliphatic rings. The Kier molecular flexibility index (Phi) is 4.05. The number of amides is 1. The summed E-state index contributed by atoms with van der Waals surface area (Å²) < 4.78 is 5.65. The number of piperidine rings is 1. The van der Waals surface area contributed by atoms with E-state index in [9.17, 15) is 4.79 Å². The number of carbonyl (C=O) groups excluding carboxylic acids is 1. The second-order valence-electron chi connectivity index (χ2n) is 5.54. The van der Waals surface area contributed by atoms with Gasteiger partial charge in [0, 0.05) is 12.1 Å². The Morgan fingerprint density at radius 3 is 2.90 bits per heavy atom. The molecule has 2 aromatic rings. The Bertz CT molecular complexity index is 633. The molecule has 0 unspecified atom stereocenters. The minimum absolute atomic E-state index is 0.0383. The molecule has 0 N–H and O–H groups in total. The monoisotopic (exact) mass is 305 g/mol. The fraction of sp³-hybridized carbons (Fsp3) is 0.533. The van der Waals surface area contributed by atoms with Crippen molar-refractivity contribution < 1.29 is 9.53 Å². The Balaban J connectivity index is 1.69. The maximum Gasteiger partial charge on any atom is 0.261 e. The zero-order valence-corrected chi connectivity index (χ0v) is 13.1. The molecule has 2 atom stereocenters. The molecule has 0 saturated carbocycles. The van der Waals surface area contributed by atoms with Gasteiger partial charge in [-0.3, -0.25) is 4.79 Å². The van der Waals surface area contributed by atoms with E-state index in [1.54, 1.807) is 0 Å². The quantitative estimate of drug-likeness (QED) is 0.875. The van der Waals surface area contributed by atoms with Gasteiger partial charge in [0.15, 0.2) is 6.61 Å². The van der Waals surface area contributed by atoms with Crippen LogP contribution in [0.25, 0.3) is 10.2 Å². The molecular formula is C15H19N3O2S. The van der Waals surface area contributed by atoms with E-state index in [4.69, 9.17) is 4.74 Å². The second kappa shape index (κ2) is 5.97. The van der Waals surface area contributed by atoms with Gasteiger partial charge in [0.1, 0.15) is 11.2 Å². The maximum absolute atomic E-state index is 12.4. The lowest BCUT2D eigenvalue weighted by Crippen LogP contribution is -2.49. The van der Waals surface area contributed by atoms with Crippen molar-refractivity contribution in [1.82, 2.24) is 14.9 Å². The van der Waals surface area contributed by atoms with Gasteiger partial charge in [0.2, 0.25) is 5.88 Å². The third-order valence-electron chi connectivity index (χ3n) is 4.04. The number of nitrogens with zero attached hydrogens (tertiary/aromatic N) is 3. The van der Waals surface area contributed by atoms with Crippen LogP contribution in [0, 0.1) is 0 Å². The fourth-order valence-corrected chi connectivity index (χ4v) is 3.72. The summed E-state index contributed by atoms with van der Waals surface area (Å²) in [6.07, 6.45) is 4.80. The van der Waals surface area contributed by atoms with E-state index in [1.807, 2.05) is 16.3 Å². The molecule has 3 heterocycles. The number of fused-ring (bicyclic) bond motifs is 1. The van der Waals surface area contributed by atoms with Crippen LogP contribution in [0.2, 0.25) is 0 Å². The molecule has 1 aliphatic heterocycles. The van der Waals surface area contributed by atoms with Gasteiger partial charge in [-0.25, -0.2) is 9.97 Å². The molecule has 3 rings (SSSR count). The largest absolute Gasteiger partial charge is 0.467 e. The average Bonchev–Trinajstić information content (AvgIpc) is 2.93. The van der Waals surface area contributed by atoms with Crippen LogP contribution in [0.1, 0.15) is 33.1 Å². The van der Waals surface area contributed by atoms with Crippen LogP contribution in [-0.4, -0.2) is 39.5 Å². The summed E-state index contributed by atoms with van der Waals surface area (Å²) in [6, 6.07) is 2.50. The first-order valence-corrected chi connectivity index (χ1v) is 8.17. The predicted octanol–water partition coefficient (Wildman–Crippen LogP) is 2.86. The highest BCUT2D eigenvalue weighted by molar-refractivity contribution is 7.16. The second-order valence-corrected chi connectivity index (χ2v) is 6.43. The minimum atomic E-state index is 0.0383. The molecule has 0 bridgehead atoms. The van der Waals surface area contributed by atoms with Crippen molar-refractivity contribution in [3.05, 3.63) is 17.8 Å². The molecule has 5 nitrogen and oxygen atoms in total. The van der Waals surface area contributed by atoms with Gasteiger partial charge in [-0.1, -0.05) is 0 Å². The number of rotatable bonds is 3. The SMILES string of the molecule is C[C@H]1CCC[C@H](C)N1C(=O)COc1ncnc2sccc12. The van der Waals surface area contributed by atoms with E-state index < -0.39 is 0 Å². The Labute approximate surface area is 128 Å². The van der Waals surface area contributed by atoms with Crippen LogP contribution in [0.3, 0.4) is 0 Å². The van der Waals surface area contributed by atoms with E-state index in [1.165, 1.54) is 24.1 Å². The Hall–Kier alpha value is -1.69. The number of hydrogen-bond donors (Lipinski definition) is 0. The normalized spacial score (nSPS) is 22.5. The smallest absolute Gasteiger partial charge is 0.261 e. The Morgan fingerprint density at radius 2 is 2.14 bits per heavy atom. The molecule has 1 fully saturated rings. The molecule has 21 heavy (non-hydrogen) atoms. The van der Waals surface area contributed by atoms with Gasteiger partial charge >= 0.3 is 0 Å². The van der Waals surface area contributed by atoms with Crippen molar-refractivity contribution in [3.63, 3.8) is 0 Å². The van der Waals surface area contributed by atoms with Gasteiger partial charge in [0.25, 0.3) is 5.91 Å². The summed E-state index contributed by atoms with van der Waals surface area (Å²) in [6.45, 7) is 4.25. The van der Waals surface area contributed by atoms with Crippen LogP contribution in [0.4, 0.5) is 0 Å². The van der Waals surface area contributed by atoms with E-state index in [0.717, 1.165) is 23.1 Å². The molecule has 0 aliphatic carbocycles. The van der Waals surface area contributed by atoms with Gasteiger partial charge in [-0.2, -0.15) is 0 Å². The van der Waals surface area contributed by atoms with E-state index in [0.29, 0.717) is 5.88 Å². The van der Waals surface area contributed by atoms with Crippen molar-refractivity contribution in [3.8, 4) is 5.88 Å². The lowest BCUT2D eigenvalue weighted by Gasteiger charge is -2.38. The number of aromatic nitrogens is 2. The molecule has 1 amide bonds. The molecule has 0 radical (unpaired) electrons. The molecule has 2 aromatic heterocycles. The summed E-state index contributed by atoms with van der Waals surface area (Å²) in [5, 5.41) is 2.82. The van der Waals surface area contributed by atoms with Gasteiger partial charge < -0.3 is 9.64 Å². The van der Waals surface area contributed by atoms with Gasteiger partial charge in [-0.15, -0.1) is 11.3 Å². The maximum atomic E-state index is 12.4. The van der Waals surface area contributed by atoms with Crippen LogP contribution in [0.15, 0.2) is 17.8 Å². The number of thiophene rings is 1. The van der Waals surface area contributed by atoms with Gasteiger partial charge in [-0.05, 0) is 44.6 Å². The minimum Gasteiger partial charge on any atom is -0.467 e. The van der Waals surface area contributed by atoms with Crippen LogP contribution in [-0.2, 0) is 4.79 Å². The number of ether oxygens (including phenoxy) is 1. The fourth-order valence-electron chi connectivity index (χ4n) is 3.00. The molecule has 0 spiro atoms. The molecular weight excluding hydrogens is 286 g/mol. The van der Waals surface area contributed by atoms with Gasteiger partial charge in [0.05, 0.1) is 5.39 Å². The average molecular weight is 305 g/mol. The predicted molar refractivity (Wildman–Crippen MR) is 82.5 cm³/mol. The number of carbonyl (C=O) groups is 1. The van der Waals surface area contributed by atoms with Crippen LogP contribution >= 0.6 is 11.3 Å². The van der Waals surface area contributed by atoms with E-state index in [2.05, 4.69) is 23.8 Å². The van der Waals surface area contributed by atoms with Crippen molar-refractivity contribution in [1.29, 1.82) is 0 Å². The molecule has 1 saturated heterocycles. The third kappa shape index (κ3) is 2.85. The first-order valence-electron chi connectivity index (χ1n) is 7.29. The highest BCUT2D eigenvalue weighted by Gasteiger charge is 2.29. The zero-order valence-electron chi connectivity index (χ0n) is 12.3. The molecule has 0 aromatic carbocycles. The van der Waals surface area contributed by atoms with Crippen molar-refractivity contribution in [2.24, 2.45) is 0 Å². The molecule has 112 valence electrons. The first-order chi connectivity index (χ1) is 10.2. The standard InChI is InChI=1S/C15H19N3O2S/c1-10-4-3-5-11(2)18(10)13(19)8-20-14-12-6-7-21-15(12)17-9-16-14/h6-7,9-11H,3-5,8H2,1-2H3/t10-,11-/m0/s1. The Morgan fingerprint density at radius 1 is 1.38 bits per heavy atom. The third-order valence-corrected chi connectivity index (χ3v) is 4.86. The van der Waals surface area contributed by atoms with Crippen molar-refractivity contribution in [2.75, 3.05) is 6.61 Å². The summed E-state index contributed by atoms with van der Waals surface area (Å²) in [4.78, 5) is 23.6. The highest BCUT2D eigenvalue weighted by atomic mass is 32.1. The van der Waals surface area contributed by atoms with Crippen molar-refractivity contribution >= 4 is 27.5 Å². The van der Waals surface area contributed by atoms with E-state index >= 15 is 0 Å². The summed E-state index contributed by atoms with van der Waals surface area (Å²) in [5.41, 5.74) is 0. The number of likely N-dealkylation sites (tertiary alicyclic amines) is 1. The zero-order chi connectivity index (χ0) is 14.8. The van der Waals surface area contributed by atoms with Crippen LogP contribution in [0.5, 0.6) is 5.88 Å². The topological polar surface area (TPSA) is 55.3 Å². The molecule has 6 heteroatoms. The van der Waals surface area contributed by atoms with Crippen molar-refractivity contribution in [2.45, 2.75) is 45.2 Å². The van der Waals surface area contributed by atoms with Crippen LogP contribution < -0.4 is 4.74 Å². The lowest BCUT2D eigenvalue weighted by molar-refractivity contribution is -0.139. The summed E-state index contributed by atoms with van der Waals surface area (Å²) in [7, 11) is 0. The first kappa shape index (κ1) is 14.3. The summed E-state index contributed by atoms with van der Waals surface area (Å²) in [5.74, 6) is 0.531. The lowest BCUT2D eigenvalue weighted by atomic mass is 9.97. The summed E-state index contributed by atoms with van der Waals surface area (Å²) >= 11 is 1.54. The van der Waals surface area contributed by atoms with E-state index in [-0.39, 0.29) is 24.6 Å². The number of hydrogen-bond acceptors (Lipinski definition) is 5.